The minimum Gasteiger partial charge on any atom is -0.372 e. The van der Waals surface area contributed by atoms with Crippen LogP contribution in [0.15, 0.2) is 53.7 Å². The van der Waals surface area contributed by atoms with Crippen molar-refractivity contribution in [3.63, 3.8) is 0 Å². The van der Waals surface area contributed by atoms with E-state index >= 15 is 0 Å². The van der Waals surface area contributed by atoms with Gasteiger partial charge in [-0.3, -0.25) is 9.36 Å². The number of para-hydroxylation sites is 1. The standard InChI is InChI=1S/C23H29N5OS/c1-5-27(6-2)20-13-11-19(12-14-20)22-25-26-23(30-16-15-24-18(4)29)28(22)21-10-8-7-9-17(21)3/h7-14H,5-6,15-16H2,1-4H3,(H,24,29). The van der Waals surface area contributed by atoms with Gasteiger partial charge < -0.3 is 10.2 Å². The molecule has 1 aromatic heterocycles. The van der Waals surface area contributed by atoms with Crippen molar-refractivity contribution >= 4 is 23.4 Å². The summed E-state index contributed by atoms with van der Waals surface area (Å²) >= 11 is 1.59. The van der Waals surface area contributed by atoms with Gasteiger partial charge in [-0.2, -0.15) is 0 Å². The van der Waals surface area contributed by atoms with Crippen molar-refractivity contribution in [2.45, 2.75) is 32.9 Å². The first-order valence-electron chi connectivity index (χ1n) is 10.3. The van der Waals surface area contributed by atoms with Crippen molar-refractivity contribution in [3.05, 3.63) is 54.1 Å². The van der Waals surface area contributed by atoms with E-state index in [2.05, 4.69) is 82.2 Å². The Morgan fingerprint density at radius 3 is 2.40 bits per heavy atom. The zero-order valence-corrected chi connectivity index (χ0v) is 18.9. The first-order valence-corrected chi connectivity index (χ1v) is 11.3. The minimum atomic E-state index is -0.0232. The summed E-state index contributed by atoms with van der Waals surface area (Å²) in [7, 11) is 0. The maximum absolute atomic E-state index is 11.1. The zero-order valence-electron chi connectivity index (χ0n) is 18.1. The van der Waals surface area contributed by atoms with E-state index in [1.807, 2.05) is 12.1 Å². The number of aromatic nitrogens is 3. The van der Waals surface area contributed by atoms with E-state index < -0.39 is 0 Å². The van der Waals surface area contributed by atoms with Crippen LogP contribution in [-0.4, -0.2) is 46.1 Å². The van der Waals surface area contributed by atoms with Crippen molar-refractivity contribution in [3.8, 4) is 17.1 Å². The number of anilines is 1. The number of hydrogen-bond donors (Lipinski definition) is 1. The summed E-state index contributed by atoms with van der Waals surface area (Å²) < 4.78 is 2.11. The molecular weight excluding hydrogens is 394 g/mol. The second-order valence-electron chi connectivity index (χ2n) is 6.98. The van der Waals surface area contributed by atoms with Gasteiger partial charge in [-0.15, -0.1) is 10.2 Å². The quantitative estimate of drug-likeness (QED) is 0.410. The van der Waals surface area contributed by atoms with Gasteiger partial charge in [0.25, 0.3) is 0 Å². The first-order chi connectivity index (χ1) is 14.5. The summed E-state index contributed by atoms with van der Waals surface area (Å²) in [5, 5.41) is 12.6. The van der Waals surface area contributed by atoms with Crippen LogP contribution in [0.2, 0.25) is 0 Å². The highest BCUT2D eigenvalue weighted by Gasteiger charge is 2.17. The average molecular weight is 424 g/mol. The molecule has 0 unspecified atom stereocenters. The summed E-state index contributed by atoms with van der Waals surface area (Å²) in [6.07, 6.45) is 0. The summed E-state index contributed by atoms with van der Waals surface area (Å²) in [5.74, 6) is 1.52. The normalized spacial score (nSPS) is 10.8. The van der Waals surface area contributed by atoms with E-state index in [1.165, 1.54) is 12.6 Å². The maximum Gasteiger partial charge on any atom is 0.216 e. The highest BCUT2D eigenvalue weighted by atomic mass is 32.2. The Hall–Kier alpha value is -2.80. The summed E-state index contributed by atoms with van der Waals surface area (Å²) in [5.41, 5.74) is 4.44. The first kappa shape index (κ1) is 21.9. The van der Waals surface area contributed by atoms with Gasteiger partial charge >= 0.3 is 0 Å². The summed E-state index contributed by atoms with van der Waals surface area (Å²) in [6.45, 7) is 10.5. The Kier molecular flexibility index (Phi) is 7.52. The lowest BCUT2D eigenvalue weighted by molar-refractivity contribution is -0.118. The molecule has 0 fully saturated rings. The lowest BCUT2D eigenvalue weighted by Crippen LogP contribution is -2.22. The molecule has 158 valence electrons. The lowest BCUT2D eigenvalue weighted by Gasteiger charge is -2.21. The number of benzene rings is 2. The van der Waals surface area contributed by atoms with Gasteiger partial charge in [0.05, 0.1) is 5.69 Å². The lowest BCUT2D eigenvalue weighted by atomic mass is 10.1. The Labute approximate surface area is 182 Å². The van der Waals surface area contributed by atoms with Gasteiger partial charge in [0, 0.05) is 43.6 Å². The Bertz CT molecular complexity index is 980. The molecule has 0 saturated heterocycles. The minimum absolute atomic E-state index is 0.0232. The molecule has 1 amide bonds. The SMILES string of the molecule is CCN(CC)c1ccc(-c2nnc(SCCNC(C)=O)n2-c2ccccc2C)cc1. The third-order valence-electron chi connectivity index (χ3n) is 4.95. The third-order valence-corrected chi connectivity index (χ3v) is 5.88. The summed E-state index contributed by atoms with van der Waals surface area (Å²) in [6, 6.07) is 16.7. The molecule has 0 saturated carbocycles. The molecule has 0 bridgehead atoms. The second kappa shape index (κ2) is 10.3. The molecule has 1 heterocycles. The van der Waals surface area contributed by atoms with Crippen molar-refractivity contribution < 1.29 is 4.79 Å². The van der Waals surface area contributed by atoms with Crippen molar-refractivity contribution in [2.24, 2.45) is 0 Å². The van der Waals surface area contributed by atoms with Crippen LogP contribution in [0.4, 0.5) is 5.69 Å². The predicted molar refractivity (Wildman–Crippen MR) is 125 cm³/mol. The molecule has 1 N–H and O–H groups in total. The molecule has 0 aliphatic carbocycles. The van der Waals surface area contributed by atoms with Crippen molar-refractivity contribution in [1.29, 1.82) is 0 Å². The molecule has 7 heteroatoms. The number of thioether (sulfide) groups is 1. The second-order valence-corrected chi connectivity index (χ2v) is 8.04. The molecule has 0 atom stereocenters. The molecule has 30 heavy (non-hydrogen) atoms. The van der Waals surface area contributed by atoms with E-state index in [4.69, 9.17) is 0 Å². The molecule has 0 aliphatic rings. The topological polar surface area (TPSA) is 63.1 Å². The number of amides is 1. The highest BCUT2D eigenvalue weighted by molar-refractivity contribution is 7.99. The van der Waals surface area contributed by atoms with E-state index in [9.17, 15) is 4.79 Å². The molecule has 2 aromatic carbocycles. The Morgan fingerprint density at radius 1 is 1.07 bits per heavy atom. The monoisotopic (exact) mass is 423 g/mol. The van der Waals surface area contributed by atoms with Crippen LogP contribution < -0.4 is 10.2 Å². The number of nitrogens with zero attached hydrogens (tertiary/aromatic N) is 4. The van der Waals surface area contributed by atoms with Crippen LogP contribution in [-0.2, 0) is 4.79 Å². The van der Waals surface area contributed by atoms with E-state index in [0.717, 1.165) is 46.6 Å². The molecule has 6 nitrogen and oxygen atoms in total. The molecule has 3 aromatic rings. The number of rotatable bonds is 9. The fraction of sp³-hybridized carbons (Fsp3) is 0.348. The van der Waals surface area contributed by atoms with Gasteiger partial charge in [0.1, 0.15) is 0 Å². The van der Waals surface area contributed by atoms with Gasteiger partial charge in [0.15, 0.2) is 11.0 Å². The van der Waals surface area contributed by atoms with Crippen LogP contribution in [0.25, 0.3) is 17.1 Å². The van der Waals surface area contributed by atoms with Gasteiger partial charge in [-0.05, 0) is 56.7 Å². The highest BCUT2D eigenvalue weighted by Crippen LogP contribution is 2.30. The Morgan fingerprint density at radius 2 is 1.77 bits per heavy atom. The number of aryl methyl sites for hydroxylation is 1. The van der Waals surface area contributed by atoms with Crippen LogP contribution >= 0.6 is 11.8 Å². The molecule has 3 rings (SSSR count). The van der Waals surface area contributed by atoms with Crippen molar-refractivity contribution in [2.75, 3.05) is 30.3 Å². The van der Waals surface area contributed by atoms with Gasteiger partial charge in [-0.25, -0.2) is 0 Å². The molecule has 0 spiro atoms. The zero-order chi connectivity index (χ0) is 21.5. The molecule has 0 radical (unpaired) electrons. The predicted octanol–water partition coefficient (Wildman–Crippen LogP) is 4.32. The van der Waals surface area contributed by atoms with E-state index in [-0.39, 0.29) is 5.91 Å². The average Bonchev–Trinajstić information content (AvgIpc) is 3.16. The number of hydrogen-bond acceptors (Lipinski definition) is 5. The maximum atomic E-state index is 11.1. The third kappa shape index (κ3) is 5.02. The van der Waals surface area contributed by atoms with Crippen LogP contribution in [0.1, 0.15) is 26.3 Å². The number of nitrogens with one attached hydrogen (secondary N) is 1. The molecule has 0 aliphatic heterocycles. The van der Waals surface area contributed by atoms with Gasteiger partial charge in [0.2, 0.25) is 5.91 Å². The van der Waals surface area contributed by atoms with Crippen LogP contribution in [0.3, 0.4) is 0 Å². The fourth-order valence-electron chi connectivity index (χ4n) is 3.36. The van der Waals surface area contributed by atoms with Crippen LogP contribution in [0.5, 0.6) is 0 Å². The van der Waals surface area contributed by atoms with Crippen LogP contribution in [0, 0.1) is 6.92 Å². The Balaban J connectivity index is 1.96. The smallest absolute Gasteiger partial charge is 0.216 e. The largest absolute Gasteiger partial charge is 0.372 e. The fourth-order valence-corrected chi connectivity index (χ4v) is 4.16. The number of carbonyl (C=O) groups excluding carboxylic acids is 1. The van der Waals surface area contributed by atoms with E-state index in [1.54, 1.807) is 11.8 Å². The molecular formula is C23H29N5OS. The van der Waals surface area contributed by atoms with Crippen molar-refractivity contribution in [1.82, 2.24) is 20.1 Å². The van der Waals surface area contributed by atoms with E-state index in [0.29, 0.717) is 6.54 Å². The number of carbonyl (C=O) groups is 1. The summed E-state index contributed by atoms with van der Waals surface area (Å²) in [4.78, 5) is 13.5. The van der Waals surface area contributed by atoms with Gasteiger partial charge in [-0.1, -0.05) is 30.0 Å².